The fraction of sp³-hybridized carbons (Fsp3) is 0.444. The summed E-state index contributed by atoms with van der Waals surface area (Å²) in [6, 6.07) is 7.83. The molecule has 24 heavy (non-hydrogen) atoms. The van der Waals surface area contributed by atoms with E-state index < -0.39 is 11.8 Å². The summed E-state index contributed by atoms with van der Waals surface area (Å²) in [5.74, 6) is -0.489. The number of hydrogen-bond donors (Lipinski definition) is 2. The van der Waals surface area contributed by atoms with Crippen LogP contribution < -0.4 is 15.4 Å². The molecule has 1 heterocycles. The van der Waals surface area contributed by atoms with Gasteiger partial charge < -0.3 is 20.1 Å². The Bertz CT molecular complexity index is 577. The van der Waals surface area contributed by atoms with Crippen LogP contribution in [0.2, 0.25) is 0 Å². The number of methoxy groups -OCH3 is 1. The fourth-order valence-corrected chi connectivity index (χ4v) is 2.85. The first-order chi connectivity index (χ1) is 11.6. The largest absolute Gasteiger partial charge is 0.497 e. The van der Waals surface area contributed by atoms with E-state index in [1.807, 2.05) is 24.3 Å². The summed E-state index contributed by atoms with van der Waals surface area (Å²) >= 11 is 0. The molecule has 2 N–H and O–H groups in total. The van der Waals surface area contributed by atoms with Gasteiger partial charge in [0, 0.05) is 31.7 Å². The van der Waals surface area contributed by atoms with Crippen molar-refractivity contribution in [1.29, 1.82) is 0 Å². The van der Waals surface area contributed by atoms with Crippen LogP contribution in [-0.2, 0) is 19.7 Å². The standard InChI is InChI=1S/C18H24N2O4/c1-3-10-19-16(21)17(22)20-13-18(8-11-24-12-9-18)14-4-6-15(23-2)7-5-14/h3-7H,1,8-13H2,2H3,(H,19,21)(H,20,22). The summed E-state index contributed by atoms with van der Waals surface area (Å²) in [5.41, 5.74) is 0.872. The van der Waals surface area contributed by atoms with Gasteiger partial charge in [0.05, 0.1) is 7.11 Å². The van der Waals surface area contributed by atoms with Crippen molar-refractivity contribution in [3.8, 4) is 5.75 Å². The highest BCUT2D eigenvalue weighted by atomic mass is 16.5. The van der Waals surface area contributed by atoms with E-state index in [1.54, 1.807) is 7.11 Å². The highest BCUT2D eigenvalue weighted by Gasteiger charge is 2.35. The highest BCUT2D eigenvalue weighted by Crippen LogP contribution is 2.35. The highest BCUT2D eigenvalue weighted by molar-refractivity contribution is 6.35. The Hall–Kier alpha value is -2.34. The van der Waals surface area contributed by atoms with Gasteiger partial charge in [0.1, 0.15) is 5.75 Å². The average molecular weight is 332 g/mol. The number of amides is 2. The van der Waals surface area contributed by atoms with Gasteiger partial charge in [-0.25, -0.2) is 0 Å². The minimum atomic E-state index is -0.646. The lowest BCUT2D eigenvalue weighted by Gasteiger charge is -2.38. The number of benzene rings is 1. The zero-order valence-corrected chi connectivity index (χ0v) is 14.0. The molecule has 1 aromatic carbocycles. The third kappa shape index (κ3) is 4.35. The zero-order chi connectivity index (χ0) is 17.4. The Kier molecular flexibility index (Phi) is 6.37. The van der Waals surface area contributed by atoms with Crippen LogP contribution in [0, 0.1) is 0 Å². The van der Waals surface area contributed by atoms with Crippen molar-refractivity contribution in [2.24, 2.45) is 0 Å². The SMILES string of the molecule is C=CCNC(=O)C(=O)NCC1(c2ccc(OC)cc2)CCOCC1. The van der Waals surface area contributed by atoms with E-state index in [4.69, 9.17) is 9.47 Å². The lowest BCUT2D eigenvalue weighted by atomic mass is 9.74. The molecular weight excluding hydrogens is 308 g/mol. The quantitative estimate of drug-likeness (QED) is 0.605. The zero-order valence-electron chi connectivity index (χ0n) is 14.0. The van der Waals surface area contributed by atoms with Crippen molar-refractivity contribution in [3.63, 3.8) is 0 Å². The van der Waals surface area contributed by atoms with Gasteiger partial charge in [-0.3, -0.25) is 9.59 Å². The molecule has 0 bridgehead atoms. The summed E-state index contributed by atoms with van der Waals surface area (Å²) < 4.78 is 10.7. The fourth-order valence-electron chi connectivity index (χ4n) is 2.85. The maximum atomic E-state index is 12.0. The van der Waals surface area contributed by atoms with E-state index in [-0.39, 0.29) is 12.0 Å². The molecule has 1 fully saturated rings. The lowest BCUT2D eigenvalue weighted by molar-refractivity contribution is -0.139. The third-order valence-corrected chi connectivity index (χ3v) is 4.35. The number of hydrogen-bond acceptors (Lipinski definition) is 4. The molecule has 0 aliphatic carbocycles. The third-order valence-electron chi connectivity index (χ3n) is 4.35. The molecule has 2 amide bonds. The molecule has 1 aliphatic rings. The first kappa shape index (κ1) is 18.0. The number of rotatable bonds is 6. The van der Waals surface area contributed by atoms with Crippen LogP contribution >= 0.6 is 0 Å². The van der Waals surface area contributed by atoms with Gasteiger partial charge in [0.15, 0.2) is 0 Å². The van der Waals surface area contributed by atoms with Crippen molar-refractivity contribution in [3.05, 3.63) is 42.5 Å². The van der Waals surface area contributed by atoms with Gasteiger partial charge in [0.2, 0.25) is 0 Å². The maximum Gasteiger partial charge on any atom is 0.309 e. The molecule has 6 heteroatoms. The van der Waals surface area contributed by atoms with E-state index >= 15 is 0 Å². The summed E-state index contributed by atoms with van der Waals surface area (Å²) in [4.78, 5) is 23.6. The Morgan fingerprint density at radius 2 is 1.83 bits per heavy atom. The monoisotopic (exact) mass is 332 g/mol. The predicted octanol–water partition coefficient (Wildman–Crippen LogP) is 1.16. The second-order valence-electron chi connectivity index (χ2n) is 5.80. The number of ether oxygens (including phenoxy) is 2. The average Bonchev–Trinajstić information content (AvgIpc) is 2.65. The maximum absolute atomic E-state index is 12.0. The molecule has 1 saturated heterocycles. The topological polar surface area (TPSA) is 76.7 Å². The molecule has 1 aliphatic heterocycles. The molecule has 1 aromatic rings. The minimum Gasteiger partial charge on any atom is -0.497 e. The molecular formula is C18H24N2O4. The van der Waals surface area contributed by atoms with Gasteiger partial charge in [-0.2, -0.15) is 0 Å². The molecule has 0 unspecified atom stereocenters. The van der Waals surface area contributed by atoms with E-state index in [2.05, 4.69) is 17.2 Å². The smallest absolute Gasteiger partial charge is 0.309 e. The number of carbonyl (C=O) groups is 2. The van der Waals surface area contributed by atoms with Gasteiger partial charge in [-0.15, -0.1) is 6.58 Å². The molecule has 0 aromatic heterocycles. The van der Waals surface area contributed by atoms with E-state index in [9.17, 15) is 9.59 Å². The minimum absolute atomic E-state index is 0.237. The second-order valence-corrected chi connectivity index (χ2v) is 5.80. The predicted molar refractivity (Wildman–Crippen MR) is 90.9 cm³/mol. The first-order valence-electron chi connectivity index (χ1n) is 8.00. The molecule has 0 atom stereocenters. The summed E-state index contributed by atoms with van der Waals surface area (Å²) in [7, 11) is 1.63. The normalized spacial score (nSPS) is 16.0. The molecule has 6 nitrogen and oxygen atoms in total. The van der Waals surface area contributed by atoms with Gasteiger partial charge in [0.25, 0.3) is 0 Å². The van der Waals surface area contributed by atoms with E-state index in [1.165, 1.54) is 6.08 Å². The van der Waals surface area contributed by atoms with Gasteiger partial charge >= 0.3 is 11.8 Å². The number of nitrogens with one attached hydrogen (secondary N) is 2. The van der Waals surface area contributed by atoms with Crippen molar-refractivity contribution in [2.45, 2.75) is 18.3 Å². The van der Waals surface area contributed by atoms with E-state index in [0.717, 1.165) is 24.2 Å². The van der Waals surface area contributed by atoms with Crippen LogP contribution in [0.5, 0.6) is 5.75 Å². The van der Waals surface area contributed by atoms with Crippen LogP contribution in [0.25, 0.3) is 0 Å². The van der Waals surface area contributed by atoms with Crippen LogP contribution in [0.4, 0.5) is 0 Å². The molecule has 0 spiro atoms. The van der Waals surface area contributed by atoms with Gasteiger partial charge in [-0.1, -0.05) is 18.2 Å². The van der Waals surface area contributed by atoms with E-state index in [0.29, 0.717) is 19.8 Å². The van der Waals surface area contributed by atoms with Crippen LogP contribution in [0.3, 0.4) is 0 Å². The van der Waals surface area contributed by atoms with Crippen molar-refractivity contribution in [2.75, 3.05) is 33.4 Å². The molecule has 0 radical (unpaired) electrons. The van der Waals surface area contributed by atoms with Crippen molar-refractivity contribution < 1.29 is 19.1 Å². The Labute approximate surface area is 142 Å². The summed E-state index contributed by atoms with van der Waals surface area (Å²) in [5, 5.41) is 5.23. The second kappa shape index (κ2) is 8.49. The first-order valence-corrected chi connectivity index (χ1v) is 8.00. The summed E-state index contributed by atoms with van der Waals surface area (Å²) in [6.45, 7) is 5.42. The Morgan fingerprint density at radius 1 is 1.21 bits per heavy atom. The number of carbonyl (C=O) groups excluding carboxylic acids is 2. The molecule has 2 rings (SSSR count). The van der Waals surface area contributed by atoms with Gasteiger partial charge in [-0.05, 0) is 30.5 Å². The lowest BCUT2D eigenvalue weighted by Crippen LogP contribution is -2.48. The molecule has 130 valence electrons. The van der Waals surface area contributed by atoms with Crippen LogP contribution in [-0.4, -0.2) is 45.2 Å². The Morgan fingerprint density at radius 3 is 2.42 bits per heavy atom. The summed E-state index contributed by atoms with van der Waals surface area (Å²) in [6.07, 6.45) is 3.10. The molecule has 0 saturated carbocycles. The Balaban J connectivity index is 2.08. The van der Waals surface area contributed by atoms with Crippen molar-refractivity contribution in [1.82, 2.24) is 10.6 Å². The van der Waals surface area contributed by atoms with Crippen LogP contribution in [0.1, 0.15) is 18.4 Å². The van der Waals surface area contributed by atoms with Crippen LogP contribution in [0.15, 0.2) is 36.9 Å². The van der Waals surface area contributed by atoms with Crippen molar-refractivity contribution >= 4 is 11.8 Å².